The third-order valence-electron chi connectivity index (χ3n) is 4.02. The van der Waals surface area contributed by atoms with Gasteiger partial charge in [0.05, 0.1) is 0 Å². The number of hydrogen-bond acceptors (Lipinski definition) is 4. The van der Waals surface area contributed by atoms with Gasteiger partial charge in [0.15, 0.2) is 5.76 Å². The van der Waals surface area contributed by atoms with Gasteiger partial charge in [0.25, 0.3) is 5.91 Å². The lowest BCUT2D eigenvalue weighted by atomic mass is 10.1. The third-order valence-corrected chi connectivity index (χ3v) is 5.04. The van der Waals surface area contributed by atoms with Crippen molar-refractivity contribution >= 4 is 15.9 Å². The molecule has 0 bridgehead atoms. The van der Waals surface area contributed by atoms with Crippen LogP contribution in [-0.2, 0) is 29.4 Å². The van der Waals surface area contributed by atoms with Gasteiger partial charge in [-0.1, -0.05) is 18.2 Å². The summed E-state index contributed by atoms with van der Waals surface area (Å²) >= 11 is 0. The first-order valence-corrected chi connectivity index (χ1v) is 8.91. The Bertz CT molecular complexity index is 868. The van der Waals surface area contributed by atoms with E-state index in [-0.39, 0.29) is 16.4 Å². The van der Waals surface area contributed by atoms with Gasteiger partial charge in [0, 0.05) is 12.6 Å². The maximum absolute atomic E-state index is 12.1. The van der Waals surface area contributed by atoms with Crippen LogP contribution in [0.5, 0.6) is 0 Å². The number of primary sulfonamides is 1. The fourth-order valence-corrected chi connectivity index (χ4v) is 3.58. The van der Waals surface area contributed by atoms with Crippen molar-refractivity contribution in [2.45, 2.75) is 37.6 Å². The molecule has 122 valence electrons. The van der Waals surface area contributed by atoms with Gasteiger partial charge in [-0.25, -0.2) is 13.6 Å². The van der Waals surface area contributed by atoms with Crippen molar-refractivity contribution in [3.63, 3.8) is 0 Å². The molecule has 0 radical (unpaired) electrons. The van der Waals surface area contributed by atoms with Gasteiger partial charge in [-0.2, -0.15) is 0 Å². The van der Waals surface area contributed by atoms with Crippen molar-refractivity contribution in [2.75, 3.05) is 0 Å². The van der Waals surface area contributed by atoms with E-state index in [1.807, 2.05) is 6.07 Å². The number of furan rings is 1. The minimum atomic E-state index is -3.89. The highest BCUT2D eigenvalue weighted by molar-refractivity contribution is 7.89. The summed E-state index contributed by atoms with van der Waals surface area (Å²) in [6.45, 7) is 1.81. The first kappa shape index (κ1) is 15.8. The van der Waals surface area contributed by atoms with Crippen molar-refractivity contribution in [3.05, 3.63) is 52.5 Å². The highest BCUT2D eigenvalue weighted by Gasteiger charge is 2.21. The van der Waals surface area contributed by atoms with Crippen LogP contribution in [0.1, 0.15) is 39.4 Å². The van der Waals surface area contributed by atoms with E-state index in [1.165, 1.54) is 24.5 Å². The molecule has 1 heterocycles. The predicted octanol–water partition coefficient (Wildman–Crippen LogP) is 1.65. The van der Waals surface area contributed by atoms with Crippen LogP contribution in [0, 0.1) is 6.92 Å². The zero-order valence-corrected chi connectivity index (χ0v) is 13.6. The normalized spacial score (nSPS) is 13.8. The van der Waals surface area contributed by atoms with E-state index in [0.29, 0.717) is 6.54 Å². The molecule has 3 N–H and O–H groups in total. The lowest BCUT2D eigenvalue weighted by Crippen LogP contribution is -2.22. The molecule has 0 aliphatic heterocycles. The minimum absolute atomic E-state index is 0.0623. The van der Waals surface area contributed by atoms with Crippen LogP contribution < -0.4 is 10.5 Å². The molecule has 1 aromatic heterocycles. The number of nitrogens with one attached hydrogen (secondary N) is 1. The van der Waals surface area contributed by atoms with E-state index < -0.39 is 15.9 Å². The summed E-state index contributed by atoms with van der Waals surface area (Å²) in [6, 6.07) is 7.35. The van der Waals surface area contributed by atoms with Crippen molar-refractivity contribution in [1.29, 1.82) is 0 Å². The van der Waals surface area contributed by atoms with Gasteiger partial charge < -0.3 is 9.73 Å². The molecular formula is C16H18N2O4S. The van der Waals surface area contributed by atoms with Crippen molar-refractivity contribution < 1.29 is 17.6 Å². The summed E-state index contributed by atoms with van der Waals surface area (Å²) in [4.78, 5) is 11.9. The van der Waals surface area contributed by atoms with E-state index in [4.69, 9.17) is 9.56 Å². The Hall–Kier alpha value is -2.12. The maximum Gasteiger partial charge on any atom is 0.287 e. The molecule has 0 atom stereocenters. The van der Waals surface area contributed by atoms with Crippen LogP contribution in [0.15, 0.2) is 33.6 Å². The number of nitrogens with two attached hydrogens (primary N) is 1. The van der Waals surface area contributed by atoms with Crippen LogP contribution >= 0.6 is 0 Å². The van der Waals surface area contributed by atoms with Crippen LogP contribution in [0.25, 0.3) is 0 Å². The second kappa shape index (κ2) is 5.82. The van der Waals surface area contributed by atoms with Crippen LogP contribution in [-0.4, -0.2) is 14.3 Å². The SMILES string of the molecule is Cc1oc(C(=O)NCc2ccc3c(c2)CCC3)cc1S(N)(=O)=O. The standard InChI is InChI=1S/C16H18N2O4S/c1-10-15(23(17,20)21)8-14(22-10)16(19)18-9-11-5-6-12-3-2-4-13(12)7-11/h5-8H,2-4,9H2,1H3,(H,18,19)(H2,17,20,21). The first-order valence-electron chi connectivity index (χ1n) is 7.37. The smallest absolute Gasteiger partial charge is 0.287 e. The molecular weight excluding hydrogens is 316 g/mol. The Morgan fingerprint density at radius 3 is 2.70 bits per heavy atom. The average molecular weight is 334 g/mol. The Balaban J connectivity index is 1.70. The fraction of sp³-hybridized carbons (Fsp3) is 0.312. The zero-order valence-electron chi connectivity index (χ0n) is 12.8. The number of sulfonamides is 1. The summed E-state index contributed by atoms with van der Waals surface area (Å²) < 4.78 is 27.9. The van der Waals surface area contributed by atoms with Crippen molar-refractivity contribution in [1.82, 2.24) is 5.32 Å². The highest BCUT2D eigenvalue weighted by atomic mass is 32.2. The minimum Gasteiger partial charge on any atom is -0.455 e. The predicted molar refractivity (Wildman–Crippen MR) is 84.5 cm³/mol. The Kier molecular flexibility index (Phi) is 3.99. The highest BCUT2D eigenvalue weighted by Crippen LogP contribution is 2.23. The molecule has 7 heteroatoms. The summed E-state index contributed by atoms with van der Waals surface area (Å²) in [6.07, 6.45) is 3.36. The van der Waals surface area contributed by atoms with Crippen LogP contribution in [0.2, 0.25) is 0 Å². The molecule has 1 aromatic carbocycles. The van der Waals surface area contributed by atoms with E-state index in [1.54, 1.807) is 0 Å². The molecule has 0 saturated heterocycles. The molecule has 0 spiro atoms. The first-order chi connectivity index (χ1) is 10.8. The molecule has 2 aromatic rings. The monoisotopic (exact) mass is 334 g/mol. The Morgan fingerprint density at radius 2 is 2.00 bits per heavy atom. The number of hydrogen-bond donors (Lipinski definition) is 2. The number of carbonyl (C=O) groups is 1. The Morgan fingerprint density at radius 1 is 1.26 bits per heavy atom. The molecule has 1 amide bonds. The van der Waals surface area contributed by atoms with Crippen LogP contribution in [0.3, 0.4) is 0 Å². The van der Waals surface area contributed by atoms with Crippen molar-refractivity contribution in [3.8, 4) is 0 Å². The summed E-state index contributed by atoms with van der Waals surface area (Å²) in [5, 5.41) is 7.80. The second-order valence-electron chi connectivity index (χ2n) is 5.72. The van der Waals surface area contributed by atoms with Gasteiger partial charge in [-0.15, -0.1) is 0 Å². The molecule has 3 rings (SSSR count). The number of benzene rings is 1. The molecule has 1 aliphatic carbocycles. The number of amides is 1. The quantitative estimate of drug-likeness (QED) is 0.887. The topological polar surface area (TPSA) is 102 Å². The van der Waals surface area contributed by atoms with E-state index >= 15 is 0 Å². The van der Waals surface area contributed by atoms with Gasteiger partial charge in [0.2, 0.25) is 10.0 Å². The molecule has 0 unspecified atom stereocenters. The number of fused-ring (bicyclic) bond motifs is 1. The van der Waals surface area contributed by atoms with Gasteiger partial charge in [0.1, 0.15) is 10.7 Å². The molecule has 0 fully saturated rings. The Labute approximate surface area is 134 Å². The average Bonchev–Trinajstić information content (AvgIpc) is 3.09. The molecule has 1 aliphatic rings. The zero-order chi connectivity index (χ0) is 16.6. The summed E-state index contributed by atoms with van der Waals surface area (Å²) in [5.41, 5.74) is 3.72. The lowest BCUT2D eigenvalue weighted by molar-refractivity contribution is 0.0922. The number of rotatable bonds is 4. The van der Waals surface area contributed by atoms with E-state index in [2.05, 4.69) is 17.4 Å². The summed E-state index contributed by atoms with van der Waals surface area (Å²) in [7, 11) is -3.89. The van der Waals surface area contributed by atoms with E-state index in [0.717, 1.165) is 24.5 Å². The second-order valence-corrected chi connectivity index (χ2v) is 7.25. The maximum atomic E-state index is 12.1. The molecule has 23 heavy (non-hydrogen) atoms. The third kappa shape index (κ3) is 3.30. The lowest BCUT2D eigenvalue weighted by Gasteiger charge is -2.06. The van der Waals surface area contributed by atoms with Gasteiger partial charge in [-0.3, -0.25) is 4.79 Å². The van der Waals surface area contributed by atoms with Crippen molar-refractivity contribution in [2.24, 2.45) is 5.14 Å². The van der Waals surface area contributed by atoms with Crippen LogP contribution in [0.4, 0.5) is 0 Å². The number of carbonyl (C=O) groups excluding carboxylic acids is 1. The van der Waals surface area contributed by atoms with Gasteiger partial charge >= 0.3 is 0 Å². The largest absolute Gasteiger partial charge is 0.455 e. The fourth-order valence-electron chi connectivity index (χ4n) is 2.86. The molecule has 6 nitrogen and oxygen atoms in total. The van der Waals surface area contributed by atoms with Gasteiger partial charge in [-0.05, 0) is 42.9 Å². The number of aryl methyl sites for hydroxylation is 3. The summed E-state index contributed by atoms with van der Waals surface area (Å²) in [5.74, 6) is -0.425. The van der Waals surface area contributed by atoms with E-state index in [9.17, 15) is 13.2 Å². The molecule has 0 saturated carbocycles.